The number of carbonyl (C=O) groups is 1. The number of nitrogens with zero attached hydrogens (tertiary/aromatic N) is 5. The molecule has 0 spiro atoms. The van der Waals surface area contributed by atoms with Gasteiger partial charge in [-0.1, -0.05) is 18.2 Å². The monoisotopic (exact) mass is 338 g/mol. The Bertz CT molecular complexity index is 872. The highest BCUT2D eigenvalue weighted by Gasteiger charge is 2.31. The molecule has 0 radical (unpaired) electrons. The van der Waals surface area contributed by atoms with Crippen LogP contribution in [0.25, 0.3) is 11.5 Å². The summed E-state index contributed by atoms with van der Waals surface area (Å²) < 4.78 is 6.96. The molecule has 0 saturated carbocycles. The third kappa shape index (κ3) is 3.10. The molecule has 1 aliphatic heterocycles. The molecule has 0 aliphatic carbocycles. The van der Waals surface area contributed by atoms with E-state index >= 15 is 0 Å². The van der Waals surface area contributed by atoms with Gasteiger partial charge < -0.3 is 9.84 Å². The summed E-state index contributed by atoms with van der Waals surface area (Å²) in [6.07, 6.45) is 3.42. The van der Waals surface area contributed by atoms with Crippen LogP contribution < -0.4 is 10.2 Å². The first-order chi connectivity index (χ1) is 12.2. The molecule has 1 fully saturated rings. The molecule has 8 heteroatoms. The van der Waals surface area contributed by atoms with Crippen molar-refractivity contribution in [3.8, 4) is 11.5 Å². The minimum absolute atomic E-state index is 0.0315. The molecule has 1 unspecified atom stereocenters. The Morgan fingerprint density at radius 1 is 1.24 bits per heavy atom. The maximum Gasteiger partial charge on any atom is 0.264 e. The predicted octanol–water partition coefficient (Wildman–Crippen LogP) is 2.08. The number of piperidine rings is 1. The summed E-state index contributed by atoms with van der Waals surface area (Å²) in [5.41, 5.74) is 0.841. The van der Waals surface area contributed by atoms with Crippen LogP contribution in [0.15, 0.2) is 47.1 Å². The van der Waals surface area contributed by atoms with Crippen molar-refractivity contribution in [3.63, 3.8) is 0 Å². The molecule has 128 valence electrons. The zero-order valence-electron chi connectivity index (χ0n) is 13.8. The Balaban J connectivity index is 1.49. The van der Waals surface area contributed by atoms with E-state index in [0.717, 1.165) is 18.4 Å². The van der Waals surface area contributed by atoms with Crippen molar-refractivity contribution in [2.24, 2.45) is 7.05 Å². The minimum Gasteiger partial charge on any atom is -0.340 e. The lowest BCUT2D eigenvalue weighted by atomic mass is 10.1. The van der Waals surface area contributed by atoms with Crippen molar-refractivity contribution in [2.75, 3.05) is 16.8 Å². The van der Waals surface area contributed by atoms with Crippen molar-refractivity contribution in [2.45, 2.75) is 18.9 Å². The predicted molar refractivity (Wildman–Crippen MR) is 91.9 cm³/mol. The van der Waals surface area contributed by atoms with Crippen LogP contribution in [0.1, 0.15) is 12.8 Å². The highest BCUT2D eigenvalue weighted by atomic mass is 16.5. The van der Waals surface area contributed by atoms with Gasteiger partial charge in [0.15, 0.2) is 5.82 Å². The summed E-state index contributed by atoms with van der Waals surface area (Å²) in [7, 11) is 1.83. The minimum atomic E-state index is -0.392. The smallest absolute Gasteiger partial charge is 0.264 e. The van der Waals surface area contributed by atoms with E-state index in [0.29, 0.717) is 24.2 Å². The van der Waals surface area contributed by atoms with Gasteiger partial charge in [-0.3, -0.25) is 14.4 Å². The molecule has 1 N–H and O–H groups in total. The van der Waals surface area contributed by atoms with E-state index in [1.165, 1.54) is 0 Å². The first-order valence-corrected chi connectivity index (χ1v) is 8.17. The molecule has 1 atom stereocenters. The molecular weight excluding hydrogens is 320 g/mol. The van der Waals surface area contributed by atoms with Gasteiger partial charge in [-0.15, -0.1) is 0 Å². The molecule has 1 aliphatic rings. The summed E-state index contributed by atoms with van der Waals surface area (Å²) in [6.45, 7) is 0.662. The van der Waals surface area contributed by atoms with Gasteiger partial charge in [0.2, 0.25) is 0 Å². The lowest BCUT2D eigenvalue weighted by Gasteiger charge is -2.30. The number of benzene rings is 1. The highest BCUT2D eigenvalue weighted by Crippen LogP contribution is 2.22. The highest BCUT2D eigenvalue weighted by molar-refractivity contribution is 5.98. The fraction of sp³-hybridized carbons (Fsp3) is 0.294. The average Bonchev–Trinajstić information content (AvgIpc) is 3.27. The second kappa shape index (κ2) is 6.39. The number of hydrogen-bond acceptors (Lipinski definition) is 6. The van der Waals surface area contributed by atoms with Gasteiger partial charge in [0.1, 0.15) is 6.04 Å². The summed E-state index contributed by atoms with van der Waals surface area (Å²) in [5.74, 6) is 1.38. The molecule has 1 amide bonds. The summed E-state index contributed by atoms with van der Waals surface area (Å²) >= 11 is 0. The molecule has 3 heterocycles. The van der Waals surface area contributed by atoms with Crippen molar-refractivity contribution in [1.82, 2.24) is 19.9 Å². The Hall–Kier alpha value is -3.16. The van der Waals surface area contributed by atoms with Crippen LogP contribution in [0.2, 0.25) is 0 Å². The molecule has 2 aromatic heterocycles. The van der Waals surface area contributed by atoms with Gasteiger partial charge >= 0.3 is 0 Å². The van der Waals surface area contributed by atoms with Crippen LogP contribution in [0.4, 0.5) is 11.8 Å². The Kier molecular flexibility index (Phi) is 3.93. The summed E-state index contributed by atoms with van der Waals surface area (Å²) in [4.78, 5) is 18.8. The number of aromatic nitrogens is 4. The molecule has 4 rings (SSSR count). The summed E-state index contributed by atoms with van der Waals surface area (Å²) in [5, 5.41) is 11.3. The number of rotatable bonds is 4. The third-order valence-corrected chi connectivity index (χ3v) is 4.16. The Labute approximate surface area is 144 Å². The Morgan fingerprint density at radius 2 is 2.08 bits per heavy atom. The lowest BCUT2D eigenvalue weighted by Crippen LogP contribution is -2.48. The van der Waals surface area contributed by atoms with Gasteiger partial charge in [-0.05, 0) is 30.1 Å². The van der Waals surface area contributed by atoms with E-state index < -0.39 is 6.04 Å². The van der Waals surface area contributed by atoms with Gasteiger partial charge in [0.25, 0.3) is 17.7 Å². The molecule has 8 nitrogen and oxygen atoms in total. The average molecular weight is 338 g/mol. The van der Waals surface area contributed by atoms with E-state index in [1.54, 1.807) is 9.58 Å². The molecular formula is C17H18N6O2. The maximum absolute atomic E-state index is 12.7. The van der Waals surface area contributed by atoms with E-state index in [4.69, 9.17) is 4.52 Å². The zero-order valence-corrected chi connectivity index (χ0v) is 13.8. The van der Waals surface area contributed by atoms with Crippen LogP contribution in [0.3, 0.4) is 0 Å². The SMILES string of the molecule is Cn1ccc(N2CCCC(Nc3noc(-c4ccccc4)n3)C2=O)n1. The largest absolute Gasteiger partial charge is 0.340 e. The van der Waals surface area contributed by atoms with Crippen LogP contribution in [0, 0.1) is 0 Å². The second-order valence-electron chi connectivity index (χ2n) is 5.97. The molecule has 0 bridgehead atoms. The van der Waals surface area contributed by atoms with Crippen LogP contribution in [0.5, 0.6) is 0 Å². The maximum atomic E-state index is 12.7. The quantitative estimate of drug-likeness (QED) is 0.783. The van der Waals surface area contributed by atoms with E-state index in [2.05, 4.69) is 20.6 Å². The van der Waals surface area contributed by atoms with E-state index in [1.807, 2.05) is 49.6 Å². The second-order valence-corrected chi connectivity index (χ2v) is 5.97. The molecule has 3 aromatic rings. The van der Waals surface area contributed by atoms with E-state index in [-0.39, 0.29) is 5.91 Å². The van der Waals surface area contributed by atoms with Gasteiger partial charge in [0, 0.05) is 31.4 Å². The molecule has 1 saturated heterocycles. The zero-order chi connectivity index (χ0) is 17.2. The fourth-order valence-corrected chi connectivity index (χ4v) is 2.92. The normalized spacial score (nSPS) is 17.7. The first-order valence-electron chi connectivity index (χ1n) is 8.17. The molecule has 1 aromatic carbocycles. The first kappa shape index (κ1) is 15.4. The fourth-order valence-electron chi connectivity index (χ4n) is 2.92. The van der Waals surface area contributed by atoms with Crippen molar-refractivity contribution >= 4 is 17.7 Å². The number of aryl methyl sites for hydroxylation is 1. The standard InChI is InChI=1S/C17H18N6O2/c1-22-11-9-14(20-22)23-10-5-8-13(16(23)24)18-17-19-15(25-21-17)12-6-3-2-4-7-12/h2-4,6-7,9,11,13H,5,8,10H2,1H3,(H,18,21). The Morgan fingerprint density at radius 3 is 2.84 bits per heavy atom. The van der Waals surface area contributed by atoms with Crippen LogP contribution in [-0.2, 0) is 11.8 Å². The van der Waals surface area contributed by atoms with Gasteiger partial charge in [0.05, 0.1) is 0 Å². The lowest BCUT2D eigenvalue weighted by molar-refractivity contribution is -0.120. The van der Waals surface area contributed by atoms with Crippen LogP contribution in [-0.4, -0.2) is 38.4 Å². The summed E-state index contributed by atoms with van der Waals surface area (Å²) in [6, 6.07) is 11.0. The van der Waals surface area contributed by atoms with Crippen molar-refractivity contribution < 1.29 is 9.32 Å². The van der Waals surface area contributed by atoms with Crippen LogP contribution >= 0.6 is 0 Å². The number of nitrogens with one attached hydrogen (secondary N) is 1. The van der Waals surface area contributed by atoms with E-state index in [9.17, 15) is 4.79 Å². The topological polar surface area (TPSA) is 89.1 Å². The van der Waals surface area contributed by atoms with Gasteiger partial charge in [-0.25, -0.2) is 0 Å². The van der Waals surface area contributed by atoms with Gasteiger partial charge in [-0.2, -0.15) is 10.1 Å². The molecule has 25 heavy (non-hydrogen) atoms. The number of carbonyl (C=O) groups excluding carboxylic acids is 1. The number of hydrogen-bond donors (Lipinski definition) is 1. The van der Waals surface area contributed by atoms with Crippen molar-refractivity contribution in [1.29, 1.82) is 0 Å². The number of anilines is 2. The third-order valence-electron chi connectivity index (χ3n) is 4.16. The number of amides is 1. The van der Waals surface area contributed by atoms with Crippen molar-refractivity contribution in [3.05, 3.63) is 42.6 Å².